The van der Waals surface area contributed by atoms with Gasteiger partial charge in [0.2, 0.25) is 0 Å². The largest absolute Gasteiger partial charge is 0.465 e. The summed E-state index contributed by atoms with van der Waals surface area (Å²) in [5, 5.41) is 4.64. The second-order valence-corrected chi connectivity index (χ2v) is 5.61. The van der Waals surface area contributed by atoms with Crippen molar-refractivity contribution in [2.24, 2.45) is 0 Å². The standard InChI is InChI=1S/C13H13ClN2O2S/c1-8-15-6-10(19-8)7-16-9-3-4-11(12(14)5-9)13(17)18-2/h3-6,16H,7H2,1-2H3. The molecule has 1 N–H and O–H groups in total. The molecule has 1 aromatic heterocycles. The van der Waals surface area contributed by atoms with Crippen molar-refractivity contribution in [2.45, 2.75) is 13.5 Å². The molecule has 1 heterocycles. The van der Waals surface area contributed by atoms with Crippen LogP contribution < -0.4 is 5.32 Å². The van der Waals surface area contributed by atoms with E-state index in [4.69, 9.17) is 11.6 Å². The summed E-state index contributed by atoms with van der Waals surface area (Å²) in [7, 11) is 1.33. The van der Waals surface area contributed by atoms with Gasteiger partial charge >= 0.3 is 5.97 Å². The Morgan fingerprint density at radius 3 is 2.89 bits per heavy atom. The number of nitrogens with one attached hydrogen (secondary N) is 1. The highest BCUT2D eigenvalue weighted by Crippen LogP contribution is 2.22. The molecule has 0 atom stereocenters. The van der Waals surface area contributed by atoms with Crippen LogP contribution in [0.1, 0.15) is 20.2 Å². The fourth-order valence-corrected chi connectivity index (χ4v) is 2.57. The van der Waals surface area contributed by atoms with Gasteiger partial charge in [-0.3, -0.25) is 0 Å². The van der Waals surface area contributed by atoms with Crippen LogP contribution in [0, 0.1) is 6.92 Å². The predicted octanol–water partition coefficient (Wildman–Crippen LogP) is 3.50. The van der Waals surface area contributed by atoms with E-state index in [9.17, 15) is 4.79 Å². The Labute approximate surface area is 120 Å². The van der Waals surface area contributed by atoms with E-state index in [2.05, 4.69) is 15.0 Å². The maximum Gasteiger partial charge on any atom is 0.339 e. The number of carbonyl (C=O) groups excluding carboxylic acids is 1. The first-order valence-electron chi connectivity index (χ1n) is 5.63. The van der Waals surface area contributed by atoms with Crippen molar-refractivity contribution < 1.29 is 9.53 Å². The molecule has 0 unspecified atom stereocenters. The van der Waals surface area contributed by atoms with E-state index in [1.807, 2.05) is 13.1 Å². The molecule has 0 bridgehead atoms. The van der Waals surface area contributed by atoms with Crippen LogP contribution in [0.3, 0.4) is 0 Å². The number of rotatable bonds is 4. The first-order valence-corrected chi connectivity index (χ1v) is 6.82. The van der Waals surface area contributed by atoms with Crippen LogP contribution in [0.25, 0.3) is 0 Å². The second-order valence-electron chi connectivity index (χ2n) is 3.89. The highest BCUT2D eigenvalue weighted by molar-refractivity contribution is 7.11. The lowest BCUT2D eigenvalue weighted by atomic mass is 10.2. The fourth-order valence-electron chi connectivity index (χ4n) is 1.58. The number of carbonyl (C=O) groups is 1. The van der Waals surface area contributed by atoms with Gasteiger partial charge in [0.15, 0.2) is 0 Å². The number of hydrogen-bond donors (Lipinski definition) is 1. The van der Waals surface area contributed by atoms with E-state index < -0.39 is 5.97 Å². The molecule has 6 heteroatoms. The maximum absolute atomic E-state index is 11.4. The normalized spacial score (nSPS) is 10.3. The van der Waals surface area contributed by atoms with Gasteiger partial charge in [0.05, 0.1) is 29.2 Å². The van der Waals surface area contributed by atoms with E-state index in [0.717, 1.165) is 15.6 Å². The summed E-state index contributed by atoms with van der Waals surface area (Å²) in [5.74, 6) is -0.436. The van der Waals surface area contributed by atoms with Crippen molar-refractivity contribution in [1.82, 2.24) is 4.98 Å². The zero-order valence-corrected chi connectivity index (χ0v) is 12.1. The van der Waals surface area contributed by atoms with Crippen molar-refractivity contribution in [3.8, 4) is 0 Å². The number of anilines is 1. The molecule has 0 fully saturated rings. The maximum atomic E-state index is 11.4. The molecule has 0 radical (unpaired) electrons. The summed E-state index contributed by atoms with van der Waals surface area (Å²) in [5.41, 5.74) is 1.21. The number of aryl methyl sites for hydroxylation is 1. The zero-order valence-electron chi connectivity index (χ0n) is 10.6. The zero-order chi connectivity index (χ0) is 13.8. The minimum absolute atomic E-state index is 0.364. The van der Waals surface area contributed by atoms with Crippen LogP contribution in [-0.4, -0.2) is 18.1 Å². The lowest BCUT2D eigenvalue weighted by molar-refractivity contribution is 0.0601. The summed E-state index contributed by atoms with van der Waals surface area (Å²) < 4.78 is 4.64. The van der Waals surface area contributed by atoms with Crippen LogP contribution in [0.2, 0.25) is 5.02 Å². The first kappa shape index (κ1) is 13.8. The van der Waals surface area contributed by atoms with Gasteiger partial charge in [0.25, 0.3) is 0 Å². The monoisotopic (exact) mass is 296 g/mol. The van der Waals surface area contributed by atoms with Gasteiger partial charge in [-0.05, 0) is 25.1 Å². The third kappa shape index (κ3) is 3.45. The van der Waals surface area contributed by atoms with Crippen LogP contribution in [-0.2, 0) is 11.3 Å². The molecule has 19 heavy (non-hydrogen) atoms. The minimum atomic E-state index is -0.436. The highest BCUT2D eigenvalue weighted by atomic mass is 35.5. The Bertz CT molecular complexity index is 598. The fraction of sp³-hybridized carbons (Fsp3) is 0.231. The number of aromatic nitrogens is 1. The number of halogens is 1. The Morgan fingerprint density at radius 1 is 1.53 bits per heavy atom. The molecule has 0 aliphatic carbocycles. The number of benzene rings is 1. The van der Waals surface area contributed by atoms with Gasteiger partial charge in [0, 0.05) is 16.8 Å². The van der Waals surface area contributed by atoms with Crippen molar-refractivity contribution in [1.29, 1.82) is 0 Å². The molecular weight excluding hydrogens is 284 g/mol. The van der Waals surface area contributed by atoms with Crippen LogP contribution in [0.4, 0.5) is 5.69 Å². The number of esters is 1. The SMILES string of the molecule is COC(=O)c1ccc(NCc2cnc(C)s2)cc1Cl. The predicted molar refractivity (Wildman–Crippen MR) is 77.0 cm³/mol. The van der Waals surface area contributed by atoms with Crippen molar-refractivity contribution in [2.75, 3.05) is 12.4 Å². The van der Waals surface area contributed by atoms with E-state index in [-0.39, 0.29) is 0 Å². The molecule has 4 nitrogen and oxygen atoms in total. The van der Waals surface area contributed by atoms with Gasteiger partial charge in [-0.2, -0.15) is 0 Å². The number of methoxy groups -OCH3 is 1. The number of ether oxygens (including phenoxy) is 1. The molecule has 0 saturated heterocycles. The van der Waals surface area contributed by atoms with Gasteiger partial charge in [-0.1, -0.05) is 11.6 Å². The molecule has 1 aromatic carbocycles. The quantitative estimate of drug-likeness (QED) is 0.877. The van der Waals surface area contributed by atoms with E-state index >= 15 is 0 Å². The summed E-state index contributed by atoms with van der Waals surface area (Å²) >= 11 is 7.68. The van der Waals surface area contributed by atoms with Gasteiger partial charge in [-0.25, -0.2) is 9.78 Å². The molecule has 0 spiro atoms. The third-order valence-corrected chi connectivity index (χ3v) is 3.74. The Kier molecular flexibility index (Phi) is 4.39. The molecule has 2 rings (SSSR count). The summed E-state index contributed by atoms with van der Waals surface area (Å²) in [6, 6.07) is 5.15. The van der Waals surface area contributed by atoms with Gasteiger partial charge in [-0.15, -0.1) is 11.3 Å². The van der Waals surface area contributed by atoms with E-state index in [1.165, 1.54) is 7.11 Å². The van der Waals surface area contributed by atoms with Crippen molar-refractivity contribution >= 4 is 34.6 Å². The van der Waals surface area contributed by atoms with E-state index in [0.29, 0.717) is 17.1 Å². The van der Waals surface area contributed by atoms with Gasteiger partial charge < -0.3 is 10.1 Å². The smallest absolute Gasteiger partial charge is 0.339 e. The molecule has 2 aromatic rings. The Morgan fingerprint density at radius 2 is 2.32 bits per heavy atom. The van der Waals surface area contributed by atoms with Crippen LogP contribution >= 0.6 is 22.9 Å². The highest BCUT2D eigenvalue weighted by Gasteiger charge is 2.10. The summed E-state index contributed by atoms with van der Waals surface area (Å²) in [4.78, 5) is 16.7. The third-order valence-electron chi connectivity index (χ3n) is 2.51. The Hall–Kier alpha value is -1.59. The molecule has 0 saturated carbocycles. The lowest BCUT2D eigenvalue weighted by Crippen LogP contribution is -2.03. The Balaban J connectivity index is 2.06. The minimum Gasteiger partial charge on any atom is -0.465 e. The number of thiazole rings is 1. The van der Waals surface area contributed by atoms with Crippen LogP contribution in [0.5, 0.6) is 0 Å². The topological polar surface area (TPSA) is 51.2 Å². The lowest BCUT2D eigenvalue weighted by Gasteiger charge is -2.07. The van der Waals surface area contributed by atoms with Gasteiger partial charge in [0.1, 0.15) is 0 Å². The van der Waals surface area contributed by atoms with Crippen molar-refractivity contribution in [3.63, 3.8) is 0 Å². The molecule has 0 amide bonds. The number of nitrogens with zero attached hydrogens (tertiary/aromatic N) is 1. The van der Waals surface area contributed by atoms with Crippen LogP contribution in [0.15, 0.2) is 24.4 Å². The molecular formula is C13H13ClN2O2S. The van der Waals surface area contributed by atoms with E-state index in [1.54, 1.807) is 29.5 Å². The summed E-state index contributed by atoms with van der Waals surface area (Å²) in [6.45, 7) is 2.65. The van der Waals surface area contributed by atoms with Crippen molar-refractivity contribution in [3.05, 3.63) is 44.9 Å². The molecule has 0 aliphatic rings. The summed E-state index contributed by atoms with van der Waals surface area (Å²) in [6.07, 6.45) is 1.84. The molecule has 0 aliphatic heterocycles. The second kappa shape index (κ2) is 6.04. The molecule has 100 valence electrons. The first-order chi connectivity index (χ1) is 9.10. The number of hydrogen-bond acceptors (Lipinski definition) is 5. The average Bonchev–Trinajstić information content (AvgIpc) is 2.81. The average molecular weight is 297 g/mol.